The molecule has 0 radical (unpaired) electrons. The molecule has 1 unspecified atom stereocenters. The van der Waals surface area contributed by atoms with Crippen LogP contribution in [0.4, 0.5) is 0 Å². The molecule has 116 valence electrons. The van der Waals surface area contributed by atoms with E-state index in [2.05, 4.69) is 37.9 Å². The number of fused-ring (bicyclic) bond motifs is 6. The minimum absolute atomic E-state index is 0.261. The molecule has 1 heterocycles. The number of rotatable bonds is 0. The van der Waals surface area contributed by atoms with Gasteiger partial charge in [-0.25, -0.2) is 4.79 Å². The van der Waals surface area contributed by atoms with Crippen LogP contribution in [0.25, 0.3) is 16.8 Å². The average molecular weight is 442 g/mol. The van der Waals surface area contributed by atoms with Crippen molar-refractivity contribution in [3.63, 3.8) is 0 Å². The molecule has 5 rings (SSSR count). The van der Waals surface area contributed by atoms with Gasteiger partial charge in [0.25, 0.3) is 0 Å². The molecule has 1 atom stereocenters. The lowest BCUT2D eigenvalue weighted by Gasteiger charge is -2.24. The van der Waals surface area contributed by atoms with E-state index >= 15 is 0 Å². The number of hydrogen-bond acceptors (Lipinski definition) is 2. The van der Waals surface area contributed by atoms with Crippen LogP contribution in [-0.4, -0.2) is 5.97 Å². The first-order valence-corrected chi connectivity index (χ1v) is 9.14. The fraction of sp³-hybridized carbons (Fsp3) is 0.0500. The van der Waals surface area contributed by atoms with E-state index in [1.807, 2.05) is 54.6 Å². The first kappa shape index (κ1) is 14.4. The first-order chi connectivity index (χ1) is 11.6. The van der Waals surface area contributed by atoms with Crippen LogP contribution in [0.1, 0.15) is 16.7 Å². The highest BCUT2D eigenvalue weighted by Gasteiger charge is 2.57. The number of carbonyl (C=O) groups excluding carboxylic acids is 1. The molecule has 0 N–H and O–H groups in total. The van der Waals surface area contributed by atoms with Crippen LogP contribution in [0.3, 0.4) is 0 Å². The molecule has 0 saturated carbocycles. The Kier molecular flexibility index (Phi) is 2.89. The van der Waals surface area contributed by atoms with Crippen molar-refractivity contribution in [2.24, 2.45) is 0 Å². The Hall–Kier alpha value is -1.91. The summed E-state index contributed by atoms with van der Waals surface area (Å²) < 4.78 is 7.37. The van der Waals surface area contributed by atoms with Gasteiger partial charge in [0, 0.05) is 10.0 Å². The Morgan fingerprint density at radius 2 is 1.71 bits per heavy atom. The van der Waals surface area contributed by atoms with Gasteiger partial charge < -0.3 is 4.74 Å². The highest BCUT2D eigenvalue weighted by atomic mass is 79.9. The number of esters is 1. The molecule has 0 bridgehead atoms. The summed E-state index contributed by atoms with van der Waals surface area (Å²) in [4.78, 5) is 13.1. The second-order valence-electron chi connectivity index (χ2n) is 6.00. The number of ether oxygens (including phenoxy) is 1. The molecule has 1 aliphatic carbocycles. The van der Waals surface area contributed by atoms with Crippen molar-refractivity contribution in [3.8, 4) is 5.75 Å². The van der Waals surface area contributed by atoms with Crippen molar-refractivity contribution in [1.82, 2.24) is 0 Å². The van der Waals surface area contributed by atoms with Crippen LogP contribution in [-0.2, 0) is 10.2 Å². The van der Waals surface area contributed by atoms with Crippen LogP contribution in [0.5, 0.6) is 5.75 Å². The fourth-order valence-corrected chi connectivity index (χ4v) is 5.18. The number of hydrogen-bond donors (Lipinski definition) is 0. The molecule has 0 saturated heterocycles. The van der Waals surface area contributed by atoms with E-state index in [1.165, 1.54) is 0 Å². The molecule has 24 heavy (non-hydrogen) atoms. The number of benzene rings is 3. The third-order valence-corrected chi connectivity index (χ3v) is 6.25. The lowest BCUT2D eigenvalue weighted by molar-refractivity contribution is -0.135. The summed E-state index contributed by atoms with van der Waals surface area (Å²) in [5.74, 6) is 0.350. The predicted molar refractivity (Wildman–Crippen MR) is 101 cm³/mol. The van der Waals surface area contributed by atoms with Crippen LogP contribution < -0.4 is 4.74 Å². The molecular weight excluding hydrogens is 432 g/mol. The Morgan fingerprint density at radius 1 is 0.958 bits per heavy atom. The monoisotopic (exact) mass is 440 g/mol. The summed E-state index contributed by atoms with van der Waals surface area (Å²) in [5.41, 5.74) is 1.99. The van der Waals surface area contributed by atoms with Gasteiger partial charge in [-0.05, 0) is 50.0 Å². The molecule has 2 nitrogen and oxygen atoms in total. The van der Waals surface area contributed by atoms with E-state index in [-0.39, 0.29) is 5.97 Å². The second-order valence-corrected chi connectivity index (χ2v) is 7.71. The first-order valence-electron chi connectivity index (χ1n) is 7.55. The molecule has 4 heteroatoms. The van der Waals surface area contributed by atoms with Gasteiger partial charge in [0.1, 0.15) is 0 Å². The summed E-state index contributed by atoms with van der Waals surface area (Å²) in [5, 5.41) is 2.11. The number of carbonyl (C=O) groups is 1. The van der Waals surface area contributed by atoms with Gasteiger partial charge >= 0.3 is 5.97 Å². The van der Waals surface area contributed by atoms with Crippen LogP contribution in [0.15, 0.2) is 63.6 Å². The van der Waals surface area contributed by atoms with Crippen LogP contribution in [0.2, 0.25) is 0 Å². The largest absolute Gasteiger partial charge is 0.424 e. The minimum atomic E-state index is -0.921. The van der Waals surface area contributed by atoms with Crippen LogP contribution in [0, 0.1) is 0 Å². The van der Waals surface area contributed by atoms with Crippen molar-refractivity contribution in [3.05, 3.63) is 80.2 Å². The third-order valence-electron chi connectivity index (χ3n) is 4.84. The average Bonchev–Trinajstić information content (AvgIpc) is 3.06. The molecule has 0 amide bonds. The standard InChI is InChI=1S/C20H10Br2O2/c21-15-9-11-5-1-3-7-13(11)17-18(15)24-19(23)20(17)14-8-4-2-6-12(14)10-16(20)22/h1-10H. The summed E-state index contributed by atoms with van der Waals surface area (Å²) in [6.45, 7) is 0. The van der Waals surface area contributed by atoms with E-state index < -0.39 is 5.41 Å². The summed E-state index contributed by atoms with van der Waals surface area (Å²) in [7, 11) is 0. The van der Waals surface area contributed by atoms with Crippen molar-refractivity contribution in [2.75, 3.05) is 0 Å². The minimum Gasteiger partial charge on any atom is -0.424 e. The normalized spacial score (nSPS) is 20.9. The molecule has 1 spiro atoms. The van der Waals surface area contributed by atoms with E-state index in [9.17, 15) is 4.79 Å². The van der Waals surface area contributed by atoms with Crippen molar-refractivity contribution in [2.45, 2.75) is 5.41 Å². The lowest BCUT2D eigenvalue weighted by Crippen LogP contribution is -2.34. The van der Waals surface area contributed by atoms with Crippen molar-refractivity contribution in [1.29, 1.82) is 0 Å². The van der Waals surface area contributed by atoms with Gasteiger partial charge in [0.05, 0.1) is 4.47 Å². The third kappa shape index (κ3) is 1.58. The number of halogens is 2. The van der Waals surface area contributed by atoms with Gasteiger partial charge in [-0.2, -0.15) is 0 Å². The van der Waals surface area contributed by atoms with Crippen molar-refractivity contribution >= 4 is 54.7 Å². The fourth-order valence-electron chi connectivity index (χ4n) is 3.84. The SMILES string of the molecule is O=C1Oc2c(Br)cc3ccccc3c2C12C(Br)=Cc1ccccc12. The molecule has 1 aliphatic heterocycles. The van der Waals surface area contributed by atoms with E-state index in [0.29, 0.717) is 5.75 Å². The quantitative estimate of drug-likeness (QED) is 0.337. The lowest BCUT2D eigenvalue weighted by atomic mass is 9.75. The van der Waals surface area contributed by atoms with Gasteiger partial charge in [0.2, 0.25) is 0 Å². The maximum atomic E-state index is 13.1. The summed E-state index contributed by atoms with van der Waals surface area (Å²) >= 11 is 7.24. The van der Waals surface area contributed by atoms with E-state index in [0.717, 1.165) is 36.4 Å². The zero-order valence-corrected chi connectivity index (χ0v) is 15.5. The summed E-state index contributed by atoms with van der Waals surface area (Å²) in [6, 6.07) is 18.1. The van der Waals surface area contributed by atoms with Crippen LogP contribution >= 0.6 is 31.9 Å². The zero-order chi connectivity index (χ0) is 16.5. The molecular formula is C20H10Br2O2. The Balaban J connectivity index is 2.00. The smallest absolute Gasteiger partial charge is 0.331 e. The Morgan fingerprint density at radius 3 is 2.58 bits per heavy atom. The Labute approximate surface area is 155 Å². The second kappa shape index (κ2) is 4.80. The van der Waals surface area contributed by atoms with Gasteiger partial charge in [-0.3, -0.25) is 0 Å². The molecule has 0 aromatic heterocycles. The summed E-state index contributed by atoms with van der Waals surface area (Å²) in [6.07, 6.45) is 2.02. The predicted octanol–water partition coefficient (Wildman–Crippen LogP) is 5.56. The molecule has 3 aromatic rings. The molecule has 3 aromatic carbocycles. The van der Waals surface area contributed by atoms with Gasteiger partial charge in [-0.15, -0.1) is 0 Å². The van der Waals surface area contributed by atoms with Crippen molar-refractivity contribution < 1.29 is 9.53 Å². The van der Waals surface area contributed by atoms with Gasteiger partial charge in [0.15, 0.2) is 11.2 Å². The highest BCUT2D eigenvalue weighted by Crippen LogP contribution is 2.59. The van der Waals surface area contributed by atoms with E-state index in [4.69, 9.17) is 4.74 Å². The zero-order valence-electron chi connectivity index (χ0n) is 12.3. The molecule has 2 aliphatic rings. The Bertz CT molecular complexity index is 1080. The topological polar surface area (TPSA) is 26.3 Å². The maximum absolute atomic E-state index is 13.1. The highest BCUT2D eigenvalue weighted by molar-refractivity contribution is 9.12. The molecule has 0 fully saturated rings. The van der Waals surface area contributed by atoms with E-state index in [1.54, 1.807) is 0 Å². The van der Waals surface area contributed by atoms with Gasteiger partial charge in [-0.1, -0.05) is 64.5 Å². The maximum Gasteiger partial charge on any atom is 0.331 e.